The molecule has 1 saturated heterocycles. The van der Waals surface area contributed by atoms with Crippen molar-refractivity contribution in [3.63, 3.8) is 0 Å². The van der Waals surface area contributed by atoms with Crippen molar-refractivity contribution in [2.75, 3.05) is 26.7 Å². The van der Waals surface area contributed by atoms with Crippen molar-refractivity contribution in [1.82, 2.24) is 10.2 Å². The molecule has 0 aromatic carbocycles. The van der Waals surface area contributed by atoms with Gasteiger partial charge in [0.15, 0.2) is 0 Å². The maximum absolute atomic E-state index is 11.8. The largest absolute Gasteiger partial charge is 0.481 e. The third-order valence-electron chi connectivity index (χ3n) is 3.33. The molecule has 110 valence electrons. The van der Waals surface area contributed by atoms with Crippen LogP contribution in [0.5, 0.6) is 0 Å². The Labute approximate surface area is 114 Å². The molecule has 0 aliphatic carbocycles. The molecule has 0 bridgehead atoms. The Morgan fingerprint density at radius 3 is 2.79 bits per heavy atom. The molecule has 1 aliphatic heterocycles. The van der Waals surface area contributed by atoms with Crippen LogP contribution in [0.15, 0.2) is 0 Å². The van der Waals surface area contributed by atoms with Crippen molar-refractivity contribution in [1.29, 1.82) is 0 Å². The maximum Gasteiger partial charge on any atom is 0.317 e. The number of nitrogens with zero attached hydrogens (tertiary/aromatic N) is 1. The Bertz CT molecular complexity index is 303. The van der Waals surface area contributed by atoms with Gasteiger partial charge in [-0.3, -0.25) is 4.79 Å². The molecule has 2 unspecified atom stereocenters. The van der Waals surface area contributed by atoms with Crippen LogP contribution in [-0.2, 0) is 9.53 Å². The fourth-order valence-corrected chi connectivity index (χ4v) is 2.18. The maximum atomic E-state index is 11.8. The summed E-state index contributed by atoms with van der Waals surface area (Å²) >= 11 is 0. The highest BCUT2D eigenvalue weighted by atomic mass is 16.5. The van der Waals surface area contributed by atoms with Crippen LogP contribution in [0.2, 0.25) is 0 Å². The van der Waals surface area contributed by atoms with Crippen LogP contribution in [0, 0.1) is 5.92 Å². The van der Waals surface area contributed by atoms with Gasteiger partial charge in [0, 0.05) is 26.7 Å². The van der Waals surface area contributed by atoms with Crippen molar-refractivity contribution >= 4 is 12.0 Å². The Hall–Kier alpha value is -1.30. The first-order valence-electron chi connectivity index (χ1n) is 6.88. The normalized spacial score (nSPS) is 20.0. The molecular weight excluding hydrogens is 248 g/mol. The molecule has 6 nitrogen and oxygen atoms in total. The van der Waals surface area contributed by atoms with Crippen LogP contribution in [0.3, 0.4) is 0 Å². The van der Waals surface area contributed by atoms with Crippen LogP contribution in [0.4, 0.5) is 4.79 Å². The number of rotatable bonds is 7. The van der Waals surface area contributed by atoms with E-state index >= 15 is 0 Å². The van der Waals surface area contributed by atoms with Gasteiger partial charge in [0.25, 0.3) is 0 Å². The number of likely N-dealkylation sites (N-methyl/N-ethyl adjacent to an activating group) is 1. The summed E-state index contributed by atoms with van der Waals surface area (Å²) in [6, 6.07) is -0.238. The van der Waals surface area contributed by atoms with Crippen LogP contribution < -0.4 is 5.32 Å². The van der Waals surface area contributed by atoms with E-state index in [0.717, 1.165) is 25.9 Å². The van der Waals surface area contributed by atoms with Crippen molar-refractivity contribution in [2.24, 2.45) is 5.92 Å². The quantitative estimate of drug-likeness (QED) is 0.732. The Morgan fingerprint density at radius 1 is 1.53 bits per heavy atom. The molecule has 19 heavy (non-hydrogen) atoms. The highest BCUT2D eigenvalue weighted by molar-refractivity contribution is 5.75. The minimum absolute atomic E-state index is 0.113. The van der Waals surface area contributed by atoms with E-state index in [1.54, 1.807) is 11.9 Å². The molecule has 2 amide bonds. The molecule has 1 fully saturated rings. The van der Waals surface area contributed by atoms with Gasteiger partial charge < -0.3 is 20.1 Å². The average Bonchev–Trinajstić information content (AvgIpc) is 2.86. The number of carbonyl (C=O) groups is 2. The smallest absolute Gasteiger partial charge is 0.317 e. The summed E-state index contributed by atoms with van der Waals surface area (Å²) in [5.41, 5.74) is 0. The van der Waals surface area contributed by atoms with Crippen molar-refractivity contribution < 1.29 is 19.4 Å². The number of aliphatic carboxylic acids is 1. The summed E-state index contributed by atoms with van der Waals surface area (Å²) < 4.78 is 5.46. The standard InChI is InChI=1S/C13H24N2O4/c1-3-5-10(12(16)17)8-14-13(18)15(2)9-11-6-4-7-19-11/h10-11H,3-9H2,1-2H3,(H,14,18)(H,16,17). The lowest BCUT2D eigenvalue weighted by Crippen LogP contribution is -2.43. The average molecular weight is 272 g/mol. The van der Waals surface area contributed by atoms with E-state index in [-0.39, 0.29) is 18.7 Å². The highest BCUT2D eigenvalue weighted by Gasteiger charge is 2.22. The van der Waals surface area contributed by atoms with E-state index in [2.05, 4.69) is 5.32 Å². The van der Waals surface area contributed by atoms with Crippen LogP contribution in [-0.4, -0.2) is 54.9 Å². The molecular formula is C13H24N2O4. The fourth-order valence-electron chi connectivity index (χ4n) is 2.18. The van der Waals surface area contributed by atoms with Gasteiger partial charge >= 0.3 is 12.0 Å². The minimum Gasteiger partial charge on any atom is -0.481 e. The second kappa shape index (κ2) is 7.99. The first-order chi connectivity index (χ1) is 9.04. The van der Waals surface area contributed by atoms with Gasteiger partial charge in [0.2, 0.25) is 0 Å². The minimum atomic E-state index is -0.857. The Balaban J connectivity index is 2.29. The van der Waals surface area contributed by atoms with E-state index in [1.807, 2.05) is 6.92 Å². The van der Waals surface area contributed by atoms with Crippen LogP contribution in [0.1, 0.15) is 32.6 Å². The summed E-state index contributed by atoms with van der Waals surface area (Å²) in [5, 5.41) is 11.7. The van der Waals surface area contributed by atoms with Crippen molar-refractivity contribution in [3.8, 4) is 0 Å². The Morgan fingerprint density at radius 2 is 2.26 bits per heavy atom. The Kier molecular flexibility index (Phi) is 6.62. The molecule has 1 aliphatic rings. The SMILES string of the molecule is CCCC(CNC(=O)N(C)CC1CCCO1)C(=O)O. The number of hydrogen-bond donors (Lipinski definition) is 2. The van der Waals surface area contributed by atoms with Gasteiger partial charge in [-0.05, 0) is 19.3 Å². The van der Waals surface area contributed by atoms with Crippen molar-refractivity contribution in [2.45, 2.75) is 38.7 Å². The molecule has 0 aromatic heterocycles. The lowest BCUT2D eigenvalue weighted by Gasteiger charge is -2.22. The number of carboxylic acids is 1. The summed E-state index contributed by atoms with van der Waals surface area (Å²) in [4.78, 5) is 24.4. The first kappa shape index (κ1) is 15.8. The zero-order valence-electron chi connectivity index (χ0n) is 11.7. The molecule has 0 aromatic rings. The molecule has 0 spiro atoms. The van der Waals surface area contributed by atoms with E-state index in [0.29, 0.717) is 13.0 Å². The third-order valence-corrected chi connectivity index (χ3v) is 3.33. The molecule has 2 atom stereocenters. The van der Waals surface area contributed by atoms with E-state index in [1.165, 1.54) is 0 Å². The predicted molar refractivity (Wildman–Crippen MR) is 71.0 cm³/mol. The zero-order chi connectivity index (χ0) is 14.3. The van der Waals surface area contributed by atoms with E-state index in [9.17, 15) is 9.59 Å². The molecule has 1 heterocycles. The van der Waals surface area contributed by atoms with Crippen LogP contribution in [0.25, 0.3) is 0 Å². The summed E-state index contributed by atoms with van der Waals surface area (Å²) in [7, 11) is 1.70. The van der Waals surface area contributed by atoms with Gasteiger partial charge in [-0.15, -0.1) is 0 Å². The monoisotopic (exact) mass is 272 g/mol. The second-order valence-corrected chi connectivity index (χ2v) is 5.03. The molecule has 2 N–H and O–H groups in total. The number of urea groups is 1. The number of carbonyl (C=O) groups excluding carboxylic acids is 1. The van der Waals surface area contributed by atoms with Gasteiger partial charge in [0.1, 0.15) is 0 Å². The van der Waals surface area contributed by atoms with Gasteiger partial charge in [-0.2, -0.15) is 0 Å². The van der Waals surface area contributed by atoms with Crippen molar-refractivity contribution in [3.05, 3.63) is 0 Å². The van der Waals surface area contributed by atoms with E-state index < -0.39 is 11.9 Å². The van der Waals surface area contributed by atoms with Crippen LogP contribution >= 0.6 is 0 Å². The highest BCUT2D eigenvalue weighted by Crippen LogP contribution is 2.12. The number of carboxylic acid groups (broad SMARTS) is 1. The lowest BCUT2D eigenvalue weighted by atomic mass is 10.0. The summed E-state index contributed by atoms with van der Waals surface area (Å²) in [6.07, 6.45) is 3.49. The topological polar surface area (TPSA) is 78.9 Å². The van der Waals surface area contributed by atoms with Gasteiger partial charge in [-0.25, -0.2) is 4.79 Å². The number of ether oxygens (including phenoxy) is 1. The first-order valence-corrected chi connectivity index (χ1v) is 6.88. The van der Waals surface area contributed by atoms with Gasteiger partial charge in [0.05, 0.1) is 12.0 Å². The third kappa shape index (κ3) is 5.46. The van der Waals surface area contributed by atoms with Gasteiger partial charge in [-0.1, -0.05) is 13.3 Å². The summed E-state index contributed by atoms with van der Waals surface area (Å²) in [5.74, 6) is -1.37. The number of amides is 2. The lowest BCUT2D eigenvalue weighted by molar-refractivity contribution is -0.141. The fraction of sp³-hybridized carbons (Fsp3) is 0.846. The molecule has 6 heteroatoms. The van der Waals surface area contributed by atoms with E-state index in [4.69, 9.17) is 9.84 Å². The molecule has 1 rings (SSSR count). The zero-order valence-corrected chi connectivity index (χ0v) is 11.7. The summed E-state index contributed by atoms with van der Waals surface area (Å²) in [6.45, 7) is 3.42. The number of nitrogens with one attached hydrogen (secondary N) is 1. The molecule has 0 radical (unpaired) electrons. The second-order valence-electron chi connectivity index (χ2n) is 5.03. The number of hydrogen-bond acceptors (Lipinski definition) is 3. The molecule has 0 saturated carbocycles. The predicted octanol–water partition coefficient (Wildman–Crippen LogP) is 1.31.